The Labute approximate surface area is 180 Å². The van der Waals surface area contributed by atoms with Crippen LogP contribution in [0.5, 0.6) is 0 Å². The van der Waals surface area contributed by atoms with Gasteiger partial charge in [-0.15, -0.1) is 0 Å². The first kappa shape index (κ1) is 20.4. The summed E-state index contributed by atoms with van der Waals surface area (Å²) in [6.07, 6.45) is 1.80. The molecule has 0 bridgehead atoms. The smallest absolute Gasteiger partial charge is 0.275 e. The number of piperazine rings is 1. The van der Waals surface area contributed by atoms with Crippen LogP contribution in [0.1, 0.15) is 30.3 Å². The van der Waals surface area contributed by atoms with Gasteiger partial charge in [0.1, 0.15) is 0 Å². The average Bonchev–Trinajstić information content (AvgIpc) is 2.79. The third-order valence-corrected chi connectivity index (χ3v) is 5.87. The molecule has 2 heterocycles. The summed E-state index contributed by atoms with van der Waals surface area (Å²) >= 11 is 6.33. The van der Waals surface area contributed by atoms with Crippen molar-refractivity contribution >= 4 is 34.0 Å². The van der Waals surface area contributed by atoms with Crippen LogP contribution in [-0.2, 0) is 6.54 Å². The number of aryl methyl sites for hydroxylation is 1. The standard InChI is InChI=1S/C23H25ClN4O2/c1-2-3-12-28-22(29)18-9-5-4-8-17(18)21(25-28)23(30)27-15-13-26(14-16-27)20-11-7-6-10-19(20)24/h4-11H,2-3,12-16H2,1H3. The van der Waals surface area contributed by atoms with Crippen LogP contribution in [0, 0.1) is 0 Å². The van der Waals surface area contributed by atoms with E-state index in [1.165, 1.54) is 4.68 Å². The van der Waals surface area contributed by atoms with Gasteiger partial charge in [0.05, 0.1) is 16.1 Å². The Hall–Kier alpha value is -2.86. The van der Waals surface area contributed by atoms with Crippen molar-refractivity contribution in [1.29, 1.82) is 0 Å². The molecule has 1 amide bonds. The van der Waals surface area contributed by atoms with Crippen molar-refractivity contribution in [2.75, 3.05) is 31.1 Å². The minimum atomic E-state index is -0.140. The molecule has 0 unspecified atom stereocenters. The molecule has 0 atom stereocenters. The molecule has 30 heavy (non-hydrogen) atoms. The lowest BCUT2D eigenvalue weighted by atomic mass is 10.1. The molecule has 3 aromatic rings. The second kappa shape index (κ2) is 8.88. The summed E-state index contributed by atoms with van der Waals surface area (Å²) in [6, 6.07) is 15.0. The molecule has 0 aliphatic carbocycles. The average molecular weight is 425 g/mol. The second-order valence-electron chi connectivity index (χ2n) is 7.51. The molecule has 1 aromatic heterocycles. The molecule has 1 aliphatic heterocycles. The highest BCUT2D eigenvalue weighted by Crippen LogP contribution is 2.26. The van der Waals surface area contributed by atoms with Crippen LogP contribution in [0.4, 0.5) is 5.69 Å². The quantitative estimate of drug-likeness (QED) is 0.624. The number of carbonyl (C=O) groups excluding carboxylic acids is 1. The molecule has 0 spiro atoms. The summed E-state index contributed by atoms with van der Waals surface area (Å²) in [5.74, 6) is -0.129. The number of nitrogens with zero attached hydrogens (tertiary/aromatic N) is 4. The van der Waals surface area contributed by atoms with Gasteiger partial charge in [-0.3, -0.25) is 9.59 Å². The molecule has 2 aromatic carbocycles. The number of unbranched alkanes of at least 4 members (excludes halogenated alkanes) is 1. The van der Waals surface area contributed by atoms with E-state index in [1.807, 2.05) is 41.3 Å². The fourth-order valence-electron chi connectivity index (χ4n) is 3.86. The first-order valence-electron chi connectivity index (χ1n) is 10.4. The highest BCUT2D eigenvalue weighted by Gasteiger charge is 2.26. The summed E-state index contributed by atoms with van der Waals surface area (Å²) in [7, 11) is 0. The van der Waals surface area contributed by atoms with Gasteiger partial charge in [0.2, 0.25) is 0 Å². The number of carbonyl (C=O) groups is 1. The van der Waals surface area contributed by atoms with E-state index in [0.29, 0.717) is 54.2 Å². The van der Waals surface area contributed by atoms with Gasteiger partial charge in [0.15, 0.2) is 5.69 Å². The predicted octanol–water partition coefficient (Wildman–Crippen LogP) is 3.81. The lowest BCUT2D eigenvalue weighted by Gasteiger charge is -2.36. The number of aromatic nitrogens is 2. The zero-order chi connectivity index (χ0) is 21.1. The Morgan fingerprint density at radius 2 is 1.67 bits per heavy atom. The lowest BCUT2D eigenvalue weighted by molar-refractivity contribution is 0.0740. The minimum Gasteiger partial charge on any atom is -0.367 e. The van der Waals surface area contributed by atoms with Crippen LogP contribution >= 0.6 is 11.6 Å². The van der Waals surface area contributed by atoms with Gasteiger partial charge >= 0.3 is 0 Å². The van der Waals surface area contributed by atoms with Crippen LogP contribution < -0.4 is 10.5 Å². The number of para-hydroxylation sites is 1. The summed E-state index contributed by atoms with van der Waals surface area (Å²) < 4.78 is 1.44. The van der Waals surface area contributed by atoms with E-state index in [9.17, 15) is 9.59 Å². The van der Waals surface area contributed by atoms with E-state index < -0.39 is 0 Å². The maximum Gasteiger partial charge on any atom is 0.275 e. The lowest BCUT2D eigenvalue weighted by Crippen LogP contribution is -2.49. The Morgan fingerprint density at radius 1 is 1.00 bits per heavy atom. The molecule has 0 radical (unpaired) electrons. The van der Waals surface area contributed by atoms with E-state index in [1.54, 1.807) is 12.1 Å². The number of hydrogen-bond donors (Lipinski definition) is 0. The summed E-state index contributed by atoms with van der Waals surface area (Å²) in [4.78, 5) is 30.1. The van der Waals surface area contributed by atoms with Crippen LogP contribution in [0.15, 0.2) is 53.3 Å². The molecule has 1 fully saturated rings. The molecule has 0 saturated carbocycles. The Morgan fingerprint density at radius 3 is 2.37 bits per heavy atom. The number of amides is 1. The van der Waals surface area contributed by atoms with Crippen molar-refractivity contribution in [1.82, 2.24) is 14.7 Å². The SMILES string of the molecule is CCCCn1nc(C(=O)N2CCN(c3ccccc3Cl)CC2)c2ccccc2c1=O. The molecule has 1 aliphatic rings. The molecule has 4 rings (SSSR count). The molecule has 1 saturated heterocycles. The monoisotopic (exact) mass is 424 g/mol. The summed E-state index contributed by atoms with van der Waals surface area (Å²) in [5.41, 5.74) is 1.20. The van der Waals surface area contributed by atoms with E-state index in [0.717, 1.165) is 18.5 Å². The molecule has 0 N–H and O–H groups in total. The van der Waals surface area contributed by atoms with Gasteiger partial charge in [0, 0.05) is 38.1 Å². The number of fused-ring (bicyclic) bond motifs is 1. The zero-order valence-corrected chi connectivity index (χ0v) is 17.8. The van der Waals surface area contributed by atoms with Crippen LogP contribution in [0.2, 0.25) is 5.02 Å². The molecular weight excluding hydrogens is 400 g/mol. The normalized spacial score (nSPS) is 14.3. The van der Waals surface area contributed by atoms with Crippen molar-refractivity contribution in [3.8, 4) is 0 Å². The van der Waals surface area contributed by atoms with Crippen LogP contribution in [0.3, 0.4) is 0 Å². The maximum atomic E-state index is 13.4. The maximum absolute atomic E-state index is 13.4. The fourth-order valence-corrected chi connectivity index (χ4v) is 4.12. The highest BCUT2D eigenvalue weighted by molar-refractivity contribution is 6.33. The molecular formula is C23H25ClN4O2. The first-order valence-corrected chi connectivity index (χ1v) is 10.8. The minimum absolute atomic E-state index is 0.129. The zero-order valence-electron chi connectivity index (χ0n) is 17.1. The van der Waals surface area contributed by atoms with Gasteiger partial charge in [-0.1, -0.05) is 55.3 Å². The van der Waals surface area contributed by atoms with E-state index in [-0.39, 0.29) is 11.5 Å². The highest BCUT2D eigenvalue weighted by atomic mass is 35.5. The van der Waals surface area contributed by atoms with Crippen molar-refractivity contribution in [2.45, 2.75) is 26.3 Å². The number of rotatable bonds is 5. The van der Waals surface area contributed by atoms with Crippen molar-refractivity contribution in [2.24, 2.45) is 0 Å². The van der Waals surface area contributed by atoms with Gasteiger partial charge in [0.25, 0.3) is 11.5 Å². The molecule has 7 heteroatoms. The first-order chi connectivity index (χ1) is 14.6. The Kier molecular flexibility index (Phi) is 6.04. The Bertz CT molecular complexity index is 1120. The number of hydrogen-bond acceptors (Lipinski definition) is 4. The third kappa shape index (κ3) is 3.92. The van der Waals surface area contributed by atoms with Gasteiger partial charge in [-0.25, -0.2) is 4.68 Å². The van der Waals surface area contributed by atoms with E-state index in [4.69, 9.17) is 11.6 Å². The van der Waals surface area contributed by atoms with E-state index in [2.05, 4.69) is 16.9 Å². The number of anilines is 1. The third-order valence-electron chi connectivity index (χ3n) is 5.55. The predicted molar refractivity (Wildman–Crippen MR) is 120 cm³/mol. The van der Waals surface area contributed by atoms with E-state index >= 15 is 0 Å². The van der Waals surface area contributed by atoms with Crippen LogP contribution in [-0.4, -0.2) is 46.8 Å². The largest absolute Gasteiger partial charge is 0.367 e. The van der Waals surface area contributed by atoms with Gasteiger partial charge < -0.3 is 9.80 Å². The molecule has 6 nitrogen and oxygen atoms in total. The topological polar surface area (TPSA) is 58.4 Å². The van der Waals surface area contributed by atoms with Crippen molar-refractivity contribution < 1.29 is 4.79 Å². The van der Waals surface area contributed by atoms with Crippen LogP contribution in [0.25, 0.3) is 10.8 Å². The Balaban J connectivity index is 1.60. The van der Waals surface area contributed by atoms with Gasteiger partial charge in [-0.05, 0) is 24.6 Å². The molecule has 156 valence electrons. The van der Waals surface area contributed by atoms with Gasteiger partial charge in [-0.2, -0.15) is 5.10 Å². The number of halogens is 1. The summed E-state index contributed by atoms with van der Waals surface area (Å²) in [6.45, 7) is 5.13. The summed E-state index contributed by atoms with van der Waals surface area (Å²) in [5, 5.41) is 6.36. The van der Waals surface area contributed by atoms with Crippen molar-refractivity contribution in [3.63, 3.8) is 0 Å². The fraction of sp³-hybridized carbons (Fsp3) is 0.348. The van der Waals surface area contributed by atoms with Crippen molar-refractivity contribution in [3.05, 3.63) is 69.6 Å². The number of benzene rings is 2. The second-order valence-corrected chi connectivity index (χ2v) is 7.91.